The van der Waals surface area contributed by atoms with Crippen molar-refractivity contribution < 1.29 is 9.18 Å². The molecule has 0 fully saturated rings. The van der Waals surface area contributed by atoms with Gasteiger partial charge in [-0.15, -0.1) is 0 Å². The fraction of sp³-hybridized carbons (Fsp3) is 0.200. The van der Waals surface area contributed by atoms with Crippen LogP contribution in [-0.2, 0) is 6.54 Å². The first-order chi connectivity index (χ1) is 15.8. The number of nitrogen functional groups attached to an aromatic ring is 1. The summed E-state index contributed by atoms with van der Waals surface area (Å²) in [6.45, 7) is 6.08. The van der Waals surface area contributed by atoms with E-state index in [9.17, 15) is 9.18 Å². The average Bonchev–Trinajstić information content (AvgIpc) is 2.78. The lowest BCUT2D eigenvalue weighted by molar-refractivity contribution is 0.102. The number of para-hydroxylation sites is 2. The molecule has 1 aromatic heterocycles. The number of nitrogens with zero attached hydrogens (tertiary/aromatic N) is 3. The van der Waals surface area contributed by atoms with Crippen LogP contribution >= 0.6 is 0 Å². The van der Waals surface area contributed by atoms with E-state index in [2.05, 4.69) is 27.1 Å². The summed E-state index contributed by atoms with van der Waals surface area (Å²) in [4.78, 5) is 21.1. The molecule has 0 unspecified atom stereocenters. The van der Waals surface area contributed by atoms with Crippen LogP contribution in [0.1, 0.15) is 16.1 Å². The summed E-state index contributed by atoms with van der Waals surface area (Å²) in [7, 11) is 3.98. The second-order valence-corrected chi connectivity index (χ2v) is 7.89. The van der Waals surface area contributed by atoms with E-state index in [0.717, 1.165) is 12.2 Å². The van der Waals surface area contributed by atoms with Gasteiger partial charge in [0.2, 0.25) is 0 Å². The molecule has 33 heavy (non-hydrogen) atoms. The zero-order chi connectivity index (χ0) is 23.8. The third-order valence-electron chi connectivity index (χ3n) is 4.96. The number of hydrogen-bond acceptors (Lipinski definition) is 6. The maximum Gasteiger partial charge on any atom is 0.257 e. The smallest absolute Gasteiger partial charge is 0.257 e. The van der Waals surface area contributed by atoms with Gasteiger partial charge < -0.3 is 26.2 Å². The number of hydrogen-bond donors (Lipinski definition) is 3. The fourth-order valence-corrected chi connectivity index (χ4v) is 3.10. The second kappa shape index (κ2) is 11.1. The van der Waals surface area contributed by atoms with E-state index in [0.29, 0.717) is 41.5 Å². The monoisotopic (exact) mass is 448 g/mol. The molecule has 0 spiro atoms. The molecule has 1 amide bonds. The Morgan fingerprint density at radius 1 is 1.06 bits per heavy atom. The van der Waals surface area contributed by atoms with E-state index in [1.54, 1.807) is 48.5 Å². The molecule has 0 radical (unpaired) electrons. The average molecular weight is 449 g/mol. The van der Waals surface area contributed by atoms with Crippen LogP contribution in [0, 0.1) is 5.82 Å². The van der Waals surface area contributed by atoms with Crippen molar-refractivity contribution in [3.8, 4) is 0 Å². The quantitative estimate of drug-likeness (QED) is 0.407. The Balaban J connectivity index is 1.68. The lowest BCUT2D eigenvalue weighted by Crippen LogP contribution is -2.33. The predicted octanol–water partition coefficient (Wildman–Crippen LogP) is 4.00. The zero-order valence-electron chi connectivity index (χ0n) is 18.9. The Morgan fingerprint density at radius 3 is 2.52 bits per heavy atom. The summed E-state index contributed by atoms with van der Waals surface area (Å²) in [6, 6.07) is 16.9. The normalized spacial score (nSPS) is 10.7. The van der Waals surface area contributed by atoms with Crippen LogP contribution < -0.4 is 16.4 Å². The molecule has 172 valence electrons. The summed E-state index contributed by atoms with van der Waals surface area (Å²) in [5.74, 6) is 0.0275. The highest BCUT2D eigenvalue weighted by molar-refractivity contribution is 6.05. The predicted molar refractivity (Wildman–Crippen MR) is 131 cm³/mol. The van der Waals surface area contributed by atoms with E-state index in [4.69, 9.17) is 5.73 Å². The maximum absolute atomic E-state index is 13.5. The number of aromatic nitrogens is 1. The van der Waals surface area contributed by atoms with Crippen molar-refractivity contribution in [3.05, 3.63) is 96.3 Å². The van der Waals surface area contributed by atoms with Crippen molar-refractivity contribution in [1.82, 2.24) is 14.8 Å². The lowest BCUT2D eigenvalue weighted by Gasteiger charge is -2.28. The number of carbonyl (C=O) groups is 1. The van der Waals surface area contributed by atoms with Gasteiger partial charge in [0, 0.05) is 25.0 Å². The minimum atomic E-state index is -0.319. The van der Waals surface area contributed by atoms with Gasteiger partial charge in [0.25, 0.3) is 5.91 Å². The van der Waals surface area contributed by atoms with Crippen LogP contribution in [0.4, 0.5) is 21.5 Å². The molecule has 4 N–H and O–H groups in total. The van der Waals surface area contributed by atoms with Crippen LogP contribution in [-0.4, -0.2) is 47.9 Å². The number of pyridine rings is 1. The number of nitrogens with one attached hydrogen (secondary N) is 2. The topological polar surface area (TPSA) is 86.5 Å². The van der Waals surface area contributed by atoms with Gasteiger partial charge in [-0.1, -0.05) is 24.8 Å². The highest BCUT2D eigenvalue weighted by atomic mass is 19.1. The van der Waals surface area contributed by atoms with E-state index < -0.39 is 0 Å². The number of rotatable bonds is 10. The number of nitrogens with two attached hydrogens (primary N) is 1. The van der Waals surface area contributed by atoms with E-state index in [-0.39, 0.29) is 11.7 Å². The number of carbonyl (C=O) groups excluding carboxylic acids is 1. The molecular formula is C25H29FN6O. The summed E-state index contributed by atoms with van der Waals surface area (Å²) in [6.07, 6.45) is 1.54. The molecule has 0 aliphatic heterocycles. The Kier molecular flexibility index (Phi) is 7.99. The van der Waals surface area contributed by atoms with Crippen LogP contribution in [0.25, 0.3) is 0 Å². The molecule has 3 aromatic rings. The first-order valence-electron chi connectivity index (χ1n) is 10.5. The molecule has 2 aromatic carbocycles. The van der Waals surface area contributed by atoms with Crippen LogP contribution in [0.2, 0.25) is 0 Å². The third kappa shape index (κ3) is 7.05. The van der Waals surface area contributed by atoms with Crippen LogP contribution in [0.15, 0.2) is 79.3 Å². The Bertz CT molecular complexity index is 1100. The van der Waals surface area contributed by atoms with Crippen molar-refractivity contribution in [2.45, 2.75) is 6.54 Å². The van der Waals surface area contributed by atoms with Gasteiger partial charge in [-0.05, 0) is 56.6 Å². The van der Waals surface area contributed by atoms with Gasteiger partial charge in [-0.2, -0.15) is 0 Å². The van der Waals surface area contributed by atoms with Gasteiger partial charge >= 0.3 is 0 Å². The zero-order valence-corrected chi connectivity index (χ0v) is 18.9. The molecule has 0 bridgehead atoms. The molecule has 0 saturated heterocycles. The van der Waals surface area contributed by atoms with Crippen molar-refractivity contribution in [2.75, 3.05) is 43.6 Å². The van der Waals surface area contributed by atoms with E-state index in [1.807, 2.05) is 19.0 Å². The molecule has 1 heterocycles. The molecule has 0 aliphatic carbocycles. The number of likely N-dealkylation sites (N-methyl/N-ethyl adjacent to an activating group) is 1. The van der Waals surface area contributed by atoms with Gasteiger partial charge in [0.1, 0.15) is 5.82 Å². The van der Waals surface area contributed by atoms with Gasteiger partial charge in [-0.25, -0.2) is 4.39 Å². The highest BCUT2D eigenvalue weighted by Gasteiger charge is 2.13. The first kappa shape index (κ1) is 23.7. The first-order valence-corrected chi connectivity index (χ1v) is 10.5. The number of anilines is 3. The molecule has 0 saturated carbocycles. The minimum Gasteiger partial charge on any atom is -0.397 e. The third-order valence-corrected chi connectivity index (χ3v) is 4.96. The number of benzene rings is 2. The molecule has 0 aliphatic rings. The summed E-state index contributed by atoms with van der Waals surface area (Å²) in [5, 5.41) is 5.95. The highest BCUT2D eigenvalue weighted by Crippen LogP contribution is 2.18. The van der Waals surface area contributed by atoms with Gasteiger partial charge in [-0.3, -0.25) is 9.78 Å². The molecule has 7 nitrogen and oxygen atoms in total. The second-order valence-electron chi connectivity index (χ2n) is 7.89. The molecule has 8 heteroatoms. The summed E-state index contributed by atoms with van der Waals surface area (Å²) < 4.78 is 13.5. The SMILES string of the molecule is C=C(Nc1cccc(F)c1)N(CCN(C)C)Cc1ccc(C(=O)Nc2ccccc2N)cn1. The summed E-state index contributed by atoms with van der Waals surface area (Å²) in [5.41, 5.74) is 8.77. The van der Waals surface area contributed by atoms with Gasteiger partial charge in [0.15, 0.2) is 0 Å². The van der Waals surface area contributed by atoms with E-state index >= 15 is 0 Å². The number of halogens is 1. The van der Waals surface area contributed by atoms with Crippen LogP contribution in [0.3, 0.4) is 0 Å². The standard InChI is InChI=1S/C25H29FN6O/c1-18(29-21-8-6-7-20(26)15-21)32(14-13-31(2)3)17-22-12-11-19(16-28-22)25(33)30-24-10-5-4-9-23(24)27/h4-12,15-16,29H,1,13-14,17,27H2,2-3H3,(H,30,33). The Morgan fingerprint density at radius 2 is 1.85 bits per heavy atom. The maximum atomic E-state index is 13.5. The van der Waals surface area contributed by atoms with Crippen molar-refractivity contribution >= 4 is 23.0 Å². The van der Waals surface area contributed by atoms with Crippen molar-refractivity contribution in [3.63, 3.8) is 0 Å². The largest absolute Gasteiger partial charge is 0.397 e. The van der Waals surface area contributed by atoms with Gasteiger partial charge in [0.05, 0.1) is 35.0 Å². The number of amides is 1. The Hall–Kier alpha value is -3.91. The molecule has 3 rings (SSSR count). The van der Waals surface area contributed by atoms with Crippen LogP contribution in [0.5, 0.6) is 0 Å². The Labute approximate surface area is 193 Å². The van der Waals surface area contributed by atoms with Crippen molar-refractivity contribution in [2.24, 2.45) is 0 Å². The summed E-state index contributed by atoms with van der Waals surface area (Å²) >= 11 is 0. The van der Waals surface area contributed by atoms with E-state index in [1.165, 1.54) is 18.3 Å². The molecule has 0 atom stereocenters. The minimum absolute atomic E-state index is 0.284. The molecular weight excluding hydrogens is 419 g/mol. The fourth-order valence-electron chi connectivity index (χ4n) is 3.10. The lowest BCUT2D eigenvalue weighted by atomic mass is 10.2. The van der Waals surface area contributed by atoms with Crippen molar-refractivity contribution in [1.29, 1.82) is 0 Å².